The predicted octanol–water partition coefficient (Wildman–Crippen LogP) is 2.56. The molecule has 5 heteroatoms. The number of hydrogen-bond donors (Lipinski definition) is 1. The lowest BCUT2D eigenvalue weighted by molar-refractivity contribution is -0.122. The third-order valence-corrected chi connectivity index (χ3v) is 5.06. The molecular formula is C17H20N2O2S. The number of primary amides is 1. The van der Waals surface area contributed by atoms with Gasteiger partial charge >= 0.3 is 0 Å². The number of likely N-dealkylation sites (tertiary alicyclic amines) is 1. The molecule has 0 saturated carbocycles. The molecule has 116 valence electrons. The summed E-state index contributed by atoms with van der Waals surface area (Å²) >= 11 is 1.72. The highest BCUT2D eigenvalue weighted by Gasteiger charge is 2.37. The van der Waals surface area contributed by atoms with Crippen LogP contribution in [0.5, 0.6) is 5.75 Å². The maximum atomic E-state index is 11.8. The maximum Gasteiger partial charge on any atom is 0.234 e. The van der Waals surface area contributed by atoms with Gasteiger partial charge in [-0.25, -0.2) is 0 Å². The molecule has 2 aromatic rings. The lowest BCUT2D eigenvalue weighted by atomic mass is 10.2. The fourth-order valence-corrected chi connectivity index (χ4v) is 3.79. The Labute approximate surface area is 134 Å². The topological polar surface area (TPSA) is 55.6 Å². The summed E-state index contributed by atoms with van der Waals surface area (Å²) < 4.78 is 5.99. The van der Waals surface area contributed by atoms with Gasteiger partial charge in [-0.05, 0) is 36.1 Å². The van der Waals surface area contributed by atoms with Crippen molar-refractivity contribution in [3.63, 3.8) is 0 Å². The number of nitrogens with two attached hydrogens (primary N) is 1. The summed E-state index contributed by atoms with van der Waals surface area (Å²) in [6.07, 6.45) is 0.648. The van der Waals surface area contributed by atoms with Crippen molar-refractivity contribution >= 4 is 17.2 Å². The quantitative estimate of drug-likeness (QED) is 0.922. The van der Waals surface area contributed by atoms with E-state index in [0.29, 0.717) is 6.42 Å². The maximum absolute atomic E-state index is 11.8. The molecule has 3 rings (SSSR count). The molecule has 1 aliphatic heterocycles. The highest BCUT2D eigenvalue weighted by atomic mass is 32.1. The summed E-state index contributed by atoms with van der Waals surface area (Å²) in [5.74, 6) is 0.568. The summed E-state index contributed by atoms with van der Waals surface area (Å²) in [6.45, 7) is 3.57. The monoisotopic (exact) mass is 316 g/mol. The van der Waals surface area contributed by atoms with E-state index in [1.54, 1.807) is 11.3 Å². The SMILES string of the molecule is Cc1ccsc1CN1C[C@@H](Oc2ccccc2)C[C@H]1C(N)=O. The molecule has 0 aliphatic carbocycles. The number of nitrogens with zero attached hydrogens (tertiary/aromatic N) is 1. The lowest BCUT2D eigenvalue weighted by Crippen LogP contribution is -2.39. The number of ether oxygens (including phenoxy) is 1. The molecule has 2 heterocycles. The lowest BCUT2D eigenvalue weighted by Gasteiger charge is -2.21. The third-order valence-electron chi connectivity index (χ3n) is 4.05. The Balaban J connectivity index is 1.70. The standard InChI is InChI=1S/C17H20N2O2S/c1-12-7-8-22-16(12)11-19-10-14(9-15(19)17(18)20)21-13-5-3-2-4-6-13/h2-8,14-15H,9-11H2,1H3,(H2,18,20)/t14-,15-/m0/s1. The van der Waals surface area contributed by atoms with Crippen LogP contribution in [0, 0.1) is 6.92 Å². The van der Waals surface area contributed by atoms with E-state index < -0.39 is 0 Å². The number of thiophene rings is 1. The van der Waals surface area contributed by atoms with Gasteiger partial charge in [-0.15, -0.1) is 11.3 Å². The van der Waals surface area contributed by atoms with Gasteiger partial charge in [-0.3, -0.25) is 9.69 Å². The number of benzene rings is 1. The van der Waals surface area contributed by atoms with Crippen molar-refractivity contribution < 1.29 is 9.53 Å². The normalized spacial score (nSPS) is 21.9. The molecule has 2 atom stereocenters. The van der Waals surface area contributed by atoms with Crippen LogP contribution in [0.1, 0.15) is 16.9 Å². The van der Waals surface area contributed by atoms with E-state index in [0.717, 1.165) is 18.8 Å². The van der Waals surface area contributed by atoms with Crippen LogP contribution in [-0.4, -0.2) is 29.5 Å². The van der Waals surface area contributed by atoms with E-state index in [9.17, 15) is 4.79 Å². The summed E-state index contributed by atoms with van der Waals surface area (Å²) in [4.78, 5) is 15.2. The molecule has 2 N–H and O–H groups in total. The molecular weight excluding hydrogens is 296 g/mol. The Hall–Kier alpha value is -1.85. The summed E-state index contributed by atoms with van der Waals surface area (Å²) in [6, 6.07) is 11.6. The Kier molecular flexibility index (Phi) is 4.45. The van der Waals surface area contributed by atoms with Crippen LogP contribution >= 0.6 is 11.3 Å². The van der Waals surface area contributed by atoms with Crippen LogP contribution < -0.4 is 10.5 Å². The molecule has 0 bridgehead atoms. The molecule has 22 heavy (non-hydrogen) atoms. The Morgan fingerprint density at radius 3 is 2.77 bits per heavy atom. The van der Waals surface area contributed by atoms with Crippen molar-refractivity contribution in [2.45, 2.75) is 32.0 Å². The van der Waals surface area contributed by atoms with E-state index in [4.69, 9.17) is 10.5 Å². The van der Waals surface area contributed by atoms with Gasteiger partial charge in [0.2, 0.25) is 5.91 Å². The second-order valence-corrected chi connectivity index (χ2v) is 6.66. The molecule has 1 fully saturated rings. The molecule has 1 aromatic carbocycles. The third kappa shape index (κ3) is 3.31. The zero-order valence-electron chi connectivity index (χ0n) is 12.6. The second kappa shape index (κ2) is 6.50. The smallest absolute Gasteiger partial charge is 0.234 e. The average molecular weight is 316 g/mol. The molecule has 0 unspecified atom stereocenters. The summed E-state index contributed by atoms with van der Waals surface area (Å²) in [5.41, 5.74) is 6.84. The van der Waals surface area contributed by atoms with E-state index in [-0.39, 0.29) is 18.1 Å². The van der Waals surface area contributed by atoms with Crippen LogP contribution in [0.25, 0.3) is 0 Å². The van der Waals surface area contributed by atoms with Gasteiger partial charge in [0.05, 0.1) is 6.04 Å². The van der Waals surface area contributed by atoms with Crippen LogP contribution in [0.2, 0.25) is 0 Å². The molecule has 1 aliphatic rings. The highest BCUT2D eigenvalue weighted by molar-refractivity contribution is 7.10. The van der Waals surface area contributed by atoms with Crippen molar-refractivity contribution in [1.82, 2.24) is 4.90 Å². The van der Waals surface area contributed by atoms with Gasteiger partial charge in [-0.2, -0.15) is 0 Å². The number of hydrogen-bond acceptors (Lipinski definition) is 4. The van der Waals surface area contributed by atoms with Crippen LogP contribution in [0.3, 0.4) is 0 Å². The van der Waals surface area contributed by atoms with E-state index in [1.165, 1.54) is 10.4 Å². The number of amides is 1. The van der Waals surface area contributed by atoms with Crippen molar-refractivity contribution in [3.05, 3.63) is 52.2 Å². The van der Waals surface area contributed by atoms with Gasteiger partial charge in [0, 0.05) is 24.4 Å². The number of rotatable bonds is 5. The van der Waals surface area contributed by atoms with Gasteiger partial charge in [-0.1, -0.05) is 18.2 Å². The molecule has 0 radical (unpaired) electrons. The zero-order chi connectivity index (χ0) is 15.5. The zero-order valence-corrected chi connectivity index (χ0v) is 13.4. The van der Waals surface area contributed by atoms with Crippen LogP contribution in [0.15, 0.2) is 41.8 Å². The van der Waals surface area contributed by atoms with Gasteiger partial charge in [0.15, 0.2) is 0 Å². The number of carbonyl (C=O) groups is 1. The fraction of sp³-hybridized carbons (Fsp3) is 0.353. The van der Waals surface area contributed by atoms with Crippen LogP contribution in [-0.2, 0) is 11.3 Å². The first-order chi connectivity index (χ1) is 10.6. The first-order valence-electron chi connectivity index (χ1n) is 7.41. The first-order valence-corrected chi connectivity index (χ1v) is 8.29. The molecule has 1 amide bonds. The molecule has 1 aromatic heterocycles. The highest BCUT2D eigenvalue weighted by Crippen LogP contribution is 2.27. The van der Waals surface area contributed by atoms with Gasteiger partial charge < -0.3 is 10.5 Å². The Morgan fingerprint density at radius 1 is 1.36 bits per heavy atom. The van der Waals surface area contributed by atoms with Crippen molar-refractivity contribution in [2.24, 2.45) is 5.73 Å². The minimum atomic E-state index is -0.270. The number of para-hydroxylation sites is 1. The van der Waals surface area contributed by atoms with Gasteiger partial charge in [0.1, 0.15) is 11.9 Å². The van der Waals surface area contributed by atoms with E-state index in [2.05, 4.69) is 23.3 Å². The predicted molar refractivity (Wildman–Crippen MR) is 87.9 cm³/mol. The Morgan fingerprint density at radius 2 is 2.14 bits per heavy atom. The number of carbonyl (C=O) groups excluding carboxylic acids is 1. The van der Waals surface area contributed by atoms with E-state index in [1.807, 2.05) is 30.3 Å². The Bertz CT molecular complexity index is 641. The first kappa shape index (κ1) is 15.1. The van der Waals surface area contributed by atoms with Crippen LogP contribution in [0.4, 0.5) is 0 Å². The van der Waals surface area contributed by atoms with Crippen molar-refractivity contribution in [2.75, 3.05) is 6.54 Å². The molecule has 1 saturated heterocycles. The summed E-state index contributed by atoms with van der Waals surface area (Å²) in [5, 5.41) is 2.08. The largest absolute Gasteiger partial charge is 0.489 e. The second-order valence-electron chi connectivity index (χ2n) is 5.66. The van der Waals surface area contributed by atoms with Gasteiger partial charge in [0.25, 0.3) is 0 Å². The van der Waals surface area contributed by atoms with E-state index >= 15 is 0 Å². The van der Waals surface area contributed by atoms with Crippen molar-refractivity contribution in [3.8, 4) is 5.75 Å². The fourth-order valence-electron chi connectivity index (χ4n) is 2.86. The molecule has 4 nitrogen and oxygen atoms in total. The number of aryl methyl sites for hydroxylation is 1. The minimum absolute atomic E-state index is 0.000156. The average Bonchev–Trinajstić information content (AvgIpc) is 3.08. The summed E-state index contributed by atoms with van der Waals surface area (Å²) in [7, 11) is 0. The van der Waals surface area contributed by atoms with Crippen molar-refractivity contribution in [1.29, 1.82) is 0 Å². The molecule has 0 spiro atoms. The minimum Gasteiger partial charge on any atom is -0.489 e.